The summed E-state index contributed by atoms with van der Waals surface area (Å²) in [5.41, 5.74) is 0.392. The molecule has 0 spiro atoms. The Kier molecular flexibility index (Phi) is 9.23. The predicted octanol–water partition coefficient (Wildman–Crippen LogP) is 3.62. The Morgan fingerprint density at radius 1 is 1.08 bits per heavy atom. The molecule has 2 heteroatoms. The predicted molar refractivity (Wildman–Crippen MR) is 63.7 cm³/mol. The van der Waals surface area contributed by atoms with Crippen LogP contribution < -0.4 is 5.32 Å². The van der Waals surface area contributed by atoms with Gasteiger partial charge in [-0.05, 0) is 25.8 Å². The molecule has 0 aromatic carbocycles. The van der Waals surface area contributed by atoms with E-state index >= 15 is 0 Å². The minimum atomic E-state index is 0. The molecular weight excluding hydrogens is 182 g/mol. The van der Waals surface area contributed by atoms with E-state index in [0.29, 0.717) is 5.54 Å². The van der Waals surface area contributed by atoms with Crippen LogP contribution in [0.15, 0.2) is 0 Å². The largest absolute Gasteiger partial charge is 0.314 e. The van der Waals surface area contributed by atoms with Crippen LogP contribution in [-0.4, -0.2) is 12.6 Å². The van der Waals surface area contributed by atoms with Gasteiger partial charge in [-0.1, -0.05) is 40.5 Å². The van der Waals surface area contributed by atoms with Crippen molar-refractivity contribution in [1.82, 2.24) is 5.32 Å². The molecule has 0 aromatic heterocycles. The van der Waals surface area contributed by atoms with Gasteiger partial charge in [0.25, 0.3) is 0 Å². The Morgan fingerprint density at radius 3 is 1.62 bits per heavy atom. The topological polar surface area (TPSA) is 12.0 Å². The van der Waals surface area contributed by atoms with Crippen molar-refractivity contribution in [3.05, 3.63) is 0 Å². The van der Waals surface area contributed by atoms with Gasteiger partial charge in [-0.15, -0.1) is 12.4 Å². The van der Waals surface area contributed by atoms with Gasteiger partial charge in [-0.2, -0.15) is 0 Å². The van der Waals surface area contributed by atoms with E-state index in [1.807, 2.05) is 0 Å². The lowest BCUT2D eigenvalue weighted by Gasteiger charge is -2.37. The summed E-state index contributed by atoms with van der Waals surface area (Å²) in [4.78, 5) is 0. The molecule has 0 aliphatic heterocycles. The van der Waals surface area contributed by atoms with Gasteiger partial charge in [0.2, 0.25) is 0 Å². The van der Waals surface area contributed by atoms with E-state index in [-0.39, 0.29) is 12.4 Å². The van der Waals surface area contributed by atoms with Crippen LogP contribution in [0.5, 0.6) is 0 Å². The Labute approximate surface area is 90.1 Å². The molecule has 1 nitrogen and oxygen atoms in total. The molecule has 0 aromatic rings. The Hall–Kier alpha value is 0.250. The monoisotopic (exact) mass is 207 g/mol. The molecule has 0 amide bonds. The maximum atomic E-state index is 3.52. The van der Waals surface area contributed by atoms with Crippen LogP contribution in [0.2, 0.25) is 0 Å². The van der Waals surface area contributed by atoms with Crippen molar-refractivity contribution < 1.29 is 0 Å². The van der Waals surface area contributed by atoms with Crippen LogP contribution in [0.4, 0.5) is 0 Å². The van der Waals surface area contributed by atoms with Crippen LogP contribution in [0.25, 0.3) is 0 Å². The van der Waals surface area contributed by atoms with E-state index in [1.165, 1.54) is 25.7 Å². The van der Waals surface area contributed by atoms with Crippen molar-refractivity contribution in [1.29, 1.82) is 0 Å². The van der Waals surface area contributed by atoms with Crippen molar-refractivity contribution in [3.8, 4) is 0 Å². The summed E-state index contributed by atoms with van der Waals surface area (Å²) in [6.07, 6.45) is 5.15. The number of halogens is 1. The fourth-order valence-corrected chi connectivity index (χ4v) is 2.13. The normalized spacial score (nSPS) is 11.5. The highest BCUT2D eigenvalue weighted by Gasteiger charge is 2.29. The van der Waals surface area contributed by atoms with E-state index in [1.54, 1.807) is 0 Å². The molecule has 0 heterocycles. The first kappa shape index (κ1) is 15.7. The molecule has 0 atom stereocenters. The quantitative estimate of drug-likeness (QED) is 0.702. The molecule has 0 bridgehead atoms. The summed E-state index contributed by atoms with van der Waals surface area (Å²) in [7, 11) is 2.10. The van der Waals surface area contributed by atoms with Crippen molar-refractivity contribution in [2.75, 3.05) is 7.05 Å². The first-order valence-electron chi connectivity index (χ1n) is 5.31. The minimum absolute atomic E-state index is 0. The molecule has 0 saturated carbocycles. The number of rotatable bonds is 6. The van der Waals surface area contributed by atoms with Crippen molar-refractivity contribution in [3.63, 3.8) is 0 Å². The summed E-state index contributed by atoms with van der Waals surface area (Å²) < 4.78 is 0. The van der Waals surface area contributed by atoms with Gasteiger partial charge in [0, 0.05) is 5.54 Å². The fraction of sp³-hybridized carbons (Fsp3) is 1.00. The highest BCUT2D eigenvalue weighted by atomic mass is 35.5. The van der Waals surface area contributed by atoms with Crippen molar-refractivity contribution >= 4 is 12.4 Å². The van der Waals surface area contributed by atoms with E-state index in [9.17, 15) is 0 Å². The summed E-state index contributed by atoms with van der Waals surface area (Å²) in [6.45, 7) is 9.18. The van der Waals surface area contributed by atoms with Crippen molar-refractivity contribution in [2.45, 2.75) is 58.9 Å². The maximum absolute atomic E-state index is 3.52. The Bertz CT molecular complexity index is 107. The molecule has 0 unspecified atom stereocenters. The first-order valence-corrected chi connectivity index (χ1v) is 5.31. The lowest BCUT2D eigenvalue weighted by molar-refractivity contribution is 0.213. The highest BCUT2D eigenvalue weighted by molar-refractivity contribution is 5.85. The highest BCUT2D eigenvalue weighted by Crippen LogP contribution is 2.27. The molecule has 0 aliphatic rings. The maximum Gasteiger partial charge on any atom is 0.0201 e. The Morgan fingerprint density at radius 2 is 1.46 bits per heavy atom. The molecule has 0 saturated heterocycles. The van der Waals surface area contributed by atoms with Gasteiger partial charge >= 0.3 is 0 Å². The molecule has 0 radical (unpaired) electrons. The van der Waals surface area contributed by atoms with Gasteiger partial charge in [-0.25, -0.2) is 0 Å². The van der Waals surface area contributed by atoms with Gasteiger partial charge in [0.05, 0.1) is 0 Å². The van der Waals surface area contributed by atoms with Gasteiger partial charge in [-0.3, -0.25) is 0 Å². The van der Waals surface area contributed by atoms with Gasteiger partial charge in [0.1, 0.15) is 0 Å². The van der Waals surface area contributed by atoms with Gasteiger partial charge < -0.3 is 5.32 Å². The molecule has 1 N–H and O–H groups in total. The van der Waals surface area contributed by atoms with Crippen LogP contribution >= 0.6 is 12.4 Å². The summed E-state index contributed by atoms with van der Waals surface area (Å²) in [5, 5.41) is 3.52. The van der Waals surface area contributed by atoms with E-state index in [2.05, 4.69) is 40.1 Å². The number of hydrogen-bond donors (Lipinski definition) is 1. The van der Waals surface area contributed by atoms with E-state index < -0.39 is 0 Å². The molecule has 13 heavy (non-hydrogen) atoms. The van der Waals surface area contributed by atoms with Crippen LogP contribution in [-0.2, 0) is 0 Å². The summed E-state index contributed by atoms with van der Waals surface area (Å²) in [6, 6.07) is 0. The smallest absolute Gasteiger partial charge is 0.0201 e. The molecular formula is C11H26ClN. The average molecular weight is 208 g/mol. The van der Waals surface area contributed by atoms with Crippen LogP contribution in [0.1, 0.15) is 53.4 Å². The number of nitrogens with one attached hydrogen (secondary N) is 1. The molecule has 0 fully saturated rings. The second-order valence-electron chi connectivity index (χ2n) is 4.06. The molecule has 0 aliphatic carbocycles. The van der Waals surface area contributed by atoms with E-state index in [0.717, 1.165) is 5.92 Å². The second kappa shape index (κ2) is 7.64. The summed E-state index contributed by atoms with van der Waals surface area (Å²) >= 11 is 0. The van der Waals surface area contributed by atoms with Crippen molar-refractivity contribution in [2.24, 2.45) is 5.92 Å². The third-order valence-electron chi connectivity index (χ3n) is 3.00. The Balaban J connectivity index is 0. The zero-order valence-corrected chi connectivity index (χ0v) is 10.6. The lowest BCUT2D eigenvalue weighted by atomic mass is 9.79. The molecule has 82 valence electrons. The second-order valence-corrected chi connectivity index (χ2v) is 4.06. The average Bonchev–Trinajstić information content (AvgIpc) is 2.03. The van der Waals surface area contributed by atoms with Crippen LogP contribution in [0.3, 0.4) is 0 Å². The van der Waals surface area contributed by atoms with Crippen LogP contribution in [0, 0.1) is 5.92 Å². The zero-order chi connectivity index (χ0) is 9.61. The van der Waals surface area contributed by atoms with Gasteiger partial charge in [0.15, 0.2) is 0 Å². The lowest BCUT2D eigenvalue weighted by Crippen LogP contribution is -2.47. The third-order valence-corrected chi connectivity index (χ3v) is 3.00. The minimum Gasteiger partial charge on any atom is -0.314 e. The standard InChI is InChI=1S/C11H25N.ClH/c1-6-8-11(12-5,9-7-2)10(3)4;/h10,12H,6-9H2,1-5H3;1H. The number of hydrogen-bond acceptors (Lipinski definition) is 1. The SMILES string of the molecule is CCCC(CCC)(NC)C(C)C.Cl. The fourth-order valence-electron chi connectivity index (χ4n) is 2.13. The van der Waals surface area contributed by atoms with E-state index in [4.69, 9.17) is 0 Å². The molecule has 0 rings (SSSR count). The third kappa shape index (κ3) is 4.33. The zero-order valence-electron chi connectivity index (χ0n) is 9.81. The summed E-state index contributed by atoms with van der Waals surface area (Å²) in [5.74, 6) is 0.738. The first-order chi connectivity index (χ1) is 5.63.